The molecule has 0 saturated carbocycles. The Morgan fingerprint density at radius 1 is 0.279 bits per heavy atom. The van der Waals surface area contributed by atoms with Crippen molar-refractivity contribution in [1.29, 1.82) is 0 Å². The lowest BCUT2D eigenvalue weighted by Crippen LogP contribution is -1.87. The van der Waals surface area contributed by atoms with E-state index in [9.17, 15) is 0 Å². The normalized spacial score (nSPS) is 11.7. The van der Waals surface area contributed by atoms with Gasteiger partial charge in [0.15, 0.2) is 0 Å². The van der Waals surface area contributed by atoms with E-state index in [4.69, 9.17) is 4.42 Å². The molecule has 0 aliphatic carbocycles. The Labute approximate surface area is 249 Å². The molecule has 0 aliphatic heterocycles. The Balaban J connectivity index is 1.27. The van der Waals surface area contributed by atoms with Gasteiger partial charge in [-0.3, -0.25) is 0 Å². The van der Waals surface area contributed by atoms with E-state index in [-0.39, 0.29) is 0 Å². The fourth-order valence-electron chi connectivity index (χ4n) is 6.83. The third kappa shape index (κ3) is 3.79. The lowest BCUT2D eigenvalue weighted by Gasteiger charge is -2.14. The average molecular weight is 547 g/mol. The van der Waals surface area contributed by atoms with Crippen molar-refractivity contribution in [2.45, 2.75) is 0 Å². The first-order valence-electron chi connectivity index (χ1n) is 14.8. The van der Waals surface area contributed by atoms with Crippen molar-refractivity contribution >= 4 is 54.3 Å². The molecule has 9 rings (SSSR count). The molecule has 0 N–H and O–H groups in total. The topological polar surface area (TPSA) is 13.1 Å². The molecule has 0 aliphatic rings. The largest absolute Gasteiger partial charge is 0.456 e. The fraction of sp³-hybridized carbons (Fsp3) is 0. The predicted molar refractivity (Wildman–Crippen MR) is 183 cm³/mol. The number of rotatable bonds is 3. The number of para-hydroxylation sites is 1. The number of furan rings is 1. The molecule has 0 radical (unpaired) electrons. The van der Waals surface area contributed by atoms with Crippen molar-refractivity contribution in [1.82, 2.24) is 0 Å². The minimum Gasteiger partial charge on any atom is -0.456 e. The zero-order valence-corrected chi connectivity index (χ0v) is 23.4. The molecular weight excluding hydrogens is 520 g/mol. The first-order valence-corrected chi connectivity index (χ1v) is 14.8. The van der Waals surface area contributed by atoms with Crippen LogP contribution < -0.4 is 0 Å². The van der Waals surface area contributed by atoms with Crippen molar-refractivity contribution in [2.24, 2.45) is 0 Å². The van der Waals surface area contributed by atoms with Crippen LogP contribution in [0.5, 0.6) is 0 Å². The van der Waals surface area contributed by atoms with E-state index in [0.717, 1.165) is 16.6 Å². The molecule has 1 nitrogen and oxygen atoms in total. The molecule has 0 fully saturated rings. The van der Waals surface area contributed by atoms with Crippen molar-refractivity contribution in [3.05, 3.63) is 158 Å². The third-order valence-electron chi connectivity index (χ3n) is 8.85. The van der Waals surface area contributed by atoms with Gasteiger partial charge in [0.05, 0.1) is 0 Å². The predicted octanol–water partition coefficient (Wildman–Crippen LogP) is 12.0. The van der Waals surface area contributed by atoms with Gasteiger partial charge in [0.25, 0.3) is 0 Å². The van der Waals surface area contributed by atoms with Gasteiger partial charge in [0.2, 0.25) is 0 Å². The molecule has 0 amide bonds. The molecule has 0 saturated heterocycles. The first kappa shape index (κ1) is 24.0. The highest BCUT2D eigenvalue weighted by Gasteiger charge is 2.14. The summed E-state index contributed by atoms with van der Waals surface area (Å²) in [6, 6.07) is 56.9. The van der Waals surface area contributed by atoms with E-state index in [2.05, 4.69) is 146 Å². The Morgan fingerprint density at radius 3 is 1.53 bits per heavy atom. The molecule has 1 heterocycles. The van der Waals surface area contributed by atoms with E-state index < -0.39 is 0 Å². The summed E-state index contributed by atoms with van der Waals surface area (Å²) in [6.45, 7) is 0. The van der Waals surface area contributed by atoms with Gasteiger partial charge < -0.3 is 4.42 Å². The second kappa shape index (κ2) is 9.44. The van der Waals surface area contributed by atoms with E-state index in [1.165, 1.54) is 71.1 Å². The number of benzene rings is 8. The second-order valence-corrected chi connectivity index (χ2v) is 11.3. The van der Waals surface area contributed by atoms with Crippen LogP contribution in [0.4, 0.5) is 0 Å². The molecule has 1 heteroatoms. The summed E-state index contributed by atoms with van der Waals surface area (Å²) >= 11 is 0. The molecule has 200 valence electrons. The molecule has 8 aromatic carbocycles. The summed E-state index contributed by atoms with van der Waals surface area (Å²) in [6.07, 6.45) is 0. The smallest absolute Gasteiger partial charge is 0.136 e. The van der Waals surface area contributed by atoms with Gasteiger partial charge in [0, 0.05) is 10.8 Å². The summed E-state index contributed by atoms with van der Waals surface area (Å²) in [7, 11) is 0. The second-order valence-electron chi connectivity index (χ2n) is 11.3. The number of hydrogen-bond donors (Lipinski definition) is 0. The SMILES string of the molecule is c1ccc(-c2ccc3c4ccccc4c4ccc(-c5cccc(-c6cccc7oc8ccccc8c67)c5)cc4c3c2)cc1. The van der Waals surface area contributed by atoms with Crippen LogP contribution in [0, 0.1) is 0 Å². The van der Waals surface area contributed by atoms with Gasteiger partial charge in [-0.05, 0) is 96.0 Å². The summed E-state index contributed by atoms with van der Waals surface area (Å²) < 4.78 is 6.20. The van der Waals surface area contributed by atoms with Crippen LogP contribution in [0.15, 0.2) is 162 Å². The highest BCUT2D eigenvalue weighted by atomic mass is 16.3. The van der Waals surface area contributed by atoms with Gasteiger partial charge in [-0.2, -0.15) is 0 Å². The van der Waals surface area contributed by atoms with E-state index in [1.807, 2.05) is 12.1 Å². The number of hydrogen-bond acceptors (Lipinski definition) is 1. The molecule has 0 unspecified atom stereocenters. The molecule has 0 atom stereocenters. The maximum atomic E-state index is 6.20. The highest BCUT2D eigenvalue weighted by molar-refractivity contribution is 6.26. The Kier molecular flexibility index (Phi) is 5.27. The highest BCUT2D eigenvalue weighted by Crippen LogP contribution is 2.41. The third-order valence-corrected chi connectivity index (χ3v) is 8.85. The van der Waals surface area contributed by atoms with Crippen LogP contribution in [0.3, 0.4) is 0 Å². The van der Waals surface area contributed by atoms with E-state index in [1.54, 1.807) is 0 Å². The standard InChI is InChI=1S/C42H26O/c1-2-10-27(11-3-1)29-20-22-35-33-14-4-5-15-34(33)36-23-21-30(26-39(36)38(35)25-29)28-12-8-13-31(24-28)32-17-9-19-41-42(32)37-16-6-7-18-40(37)43-41/h1-26H. The van der Waals surface area contributed by atoms with Gasteiger partial charge in [0.1, 0.15) is 11.2 Å². The van der Waals surface area contributed by atoms with Gasteiger partial charge >= 0.3 is 0 Å². The Bertz CT molecular complexity index is 2500. The quantitative estimate of drug-likeness (QED) is 0.201. The fourth-order valence-corrected chi connectivity index (χ4v) is 6.83. The van der Waals surface area contributed by atoms with E-state index >= 15 is 0 Å². The molecule has 9 aromatic rings. The zero-order valence-electron chi connectivity index (χ0n) is 23.4. The van der Waals surface area contributed by atoms with Gasteiger partial charge in [-0.15, -0.1) is 0 Å². The maximum absolute atomic E-state index is 6.20. The Morgan fingerprint density at radius 2 is 0.791 bits per heavy atom. The van der Waals surface area contributed by atoms with Crippen LogP contribution >= 0.6 is 0 Å². The summed E-state index contributed by atoms with van der Waals surface area (Å²) in [5.41, 5.74) is 9.09. The van der Waals surface area contributed by atoms with E-state index in [0.29, 0.717) is 0 Å². The van der Waals surface area contributed by atoms with Gasteiger partial charge in [-0.1, -0.05) is 127 Å². The van der Waals surface area contributed by atoms with Crippen LogP contribution in [0.1, 0.15) is 0 Å². The minimum atomic E-state index is 0.919. The van der Waals surface area contributed by atoms with Crippen LogP contribution in [0.25, 0.3) is 87.6 Å². The summed E-state index contributed by atoms with van der Waals surface area (Å²) in [4.78, 5) is 0. The molecule has 0 bridgehead atoms. The van der Waals surface area contributed by atoms with Crippen LogP contribution in [-0.4, -0.2) is 0 Å². The molecule has 1 aromatic heterocycles. The Hall–Kier alpha value is -5.66. The van der Waals surface area contributed by atoms with Crippen molar-refractivity contribution in [2.75, 3.05) is 0 Å². The van der Waals surface area contributed by atoms with Gasteiger partial charge in [-0.25, -0.2) is 0 Å². The lowest BCUT2D eigenvalue weighted by atomic mass is 9.90. The summed E-state index contributed by atoms with van der Waals surface area (Å²) in [5, 5.41) is 10.0. The van der Waals surface area contributed by atoms with Crippen molar-refractivity contribution in [3.63, 3.8) is 0 Å². The van der Waals surface area contributed by atoms with Crippen LogP contribution in [0.2, 0.25) is 0 Å². The summed E-state index contributed by atoms with van der Waals surface area (Å²) in [5.74, 6) is 0. The first-order chi connectivity index (χ1) is 21.3. The molecular formula is C42H26O. The molecule has 43 heavy (non-hydrogen) atoms. The van der Waals surface area contributed by atoms with Crippen molar-refractivity contribution in [3.8, 4) is 33.4 Å². The minimum absolute atomic E-state index is 0.919. The van der Waals surface area contributed by atoms with Crippen LogP contribution in [-0.2, 0) is 0 Å². The zero-order chi connectivity index (χ0) is 28.3. The monoisotopic (exact) mass is 546 g/mol. The lowest BCUT2D eigenvalue weighted by molar-refractivity contribution is 0.669. The van der Waals surface area contributed by atoms with Crippen molar-refractivity contribution < 1.29 is 4.42 Å². The average Bonchev–Trinajstić information content (AvgIpc) is 3.47. The maximum Gasteiger partial charge on any atom is 0.136 e. The molecule has 0 spiro atoms. The number of fused-ring (bicyclic) bond motifs is 9.